The normalized spacial score (nSPS) is 18.2. The molecule has 144 valence electrons. The highest BCUT2D eigenvalue weighted by atomic mass is 32.2. The molecule has 1 atom stereocenters. The average molecular weight is 390 g/mol. The zero-order valence-electron chi connectivity index (χ0n) is 15.9. The van der Waals surface area contributed by atoms with Crippen molar-refractivity contribution in [2.45, 2.75) is 19.9 Å². The summed E-state index contributed by atoms with van der Waals surface area (Å²) >= 11 is 1.50. The van der Waals surface area contributed by atoms with Gasteiger partial charge in [-0.2, -0.15) is 0 Å². The van der Waals surface area contributed by atoms with Crippen LogP contribution in [0.15, 0.2) is 40.0 Å². The van der Waals surface area contributed by atoms with Crippen molar-refractivity contribution in [3.63, 3.8) is 0 Å². The number of hydrogen-bond donors (Lipinski definition) is 0. The summed E-state index contributed by atoms with van der Waals surface area (Å²) in [6.45, 7) is 3.88. The Morgan fingerprint density at radius 2 is 1.81 bits per heavy atom. The number of aliphatic imine (C=N–C) groups is 1. The monoisotopic (exact) mass is 390 g/mol. The number of carbonyl (C=O) groups excluding carboxylic acids is 1. The number of esters is 1. The van der Waals surface area contributed by atoms with Crippen LogP contribution in [0.2, 0.25) is 0 Å². The number of amidine groups is 1. The lowest BCUT2D eigenvalue weighted by Crippen LogP contribution is -2.34. The van der Waals surface area contributed by atoms with E-state index >= 15 is 0 Å². The first-order valence-electron chi connectivity index (χ1n) is 8.43. The van der Waals surface area contributed by atoms with Crippen LogP contribution in [0.4, 0.5) is 0 Å². The van der Waals surface area contributed by atoms with Gasteiger partial charge in [-0.1, -0.05) is 11.8 Å². The highest BCUT2D eigenvalue weighted by Crippen LogP contribution is 2.46. The maximum atomic E-state index is 12.8. The Morgan fingerprint density at radius 1 is 1.15 bits per heavy atom. The molecule has 2 aliphatic rings. The van der Waals surface area contributed by atoms with Gasteiger partial charge in [0.05, 0.1) is 45.2 Å². The van der Waals surface area contributed by atoms with E-state index in [0.29, 0.717) is 28.5 Å². The number of ether oxygens (including phenoxy) is 4. The largest absolute Gasteiger partial charge is 0.496 e. The standard InChI is InChI=1S/C19H22N2O5S/c1-6-26-18(22)16-11(2)20-19-21(7-8-27-19)17(16)12-9-14(24-4)15(25-5)10-13(12)23-3/h7-10,17H,6H2,1-5H3/t17-/m0/s1. The van der Waals surface area contributed by atoms with E-state index in [0.717, 1.165) is 10.7 Å². The zero-order chi connectivity index (χ0) is 19.6. The van der Waals surface area contributed by atoms with E-state index in [1.807, 2.05) is 29.5 Å². The van der Waals surface area contributed by atoms with Crippen molar-refractivity contribution in [3.05, 3.63) is 40.6 Å². The Morgan fingerprint density at radius 3 is 2.44 bits per heavy atom. The van der Waals surface area contributed by atoms with Gasteiger partial charge in [-0.25, -0.2) is 9.79 Å². The van der Waals surface area contributed by atoms with Crippen LogP contribution in [0.5, 0.6) is 17.2 Å². The number of carbonyl (C=O) groups is 1. The van der Waals surface area contributed by atoms with E-state index in [1.165, 1.54) is 11.8 Å². The van der Waals surface area contributed by atoms with E-state index in [4.69, 9.17) is 18.9 Å². The van der Waals surface area contributed by atoms with Gasteiger partial charge in [-0.05, 0) is 25.3 Å². The predicted molar refractivity (Wildman–Crippen MR) is 104 cm³/mol. The van der Waals surface area contributed by atoms with Crippen LogP contribution in [0, 0.1) is 0 Å². The maximum absolute atomic E-state index is 12.8. The zero-order valence-corrected chi connectivity index (χ0v) is 16.8. The highest BCUT2D eigenvalue weighted by molar-refractivity contribution is 8.16. The van der Waals surface area contributed by atoms with E-state index in [1.54, 1.807) is 34.3 Å². The van der Waals surface area contributed by atoms with Crippen LogP contribution in [-0.2, 0) is 9.53 Å². The average Bonchev–Trinajstić information content (AvgIpc) is 3.13. The maximum Gasteiger partial charge on any atom is 0.338 e. The van der Waals surface area contributed by atoms with E-state index < -0.39 is 12.0 Å². The number of benzene rings is 1. The van der Waals surface area contributed by atoms with Crippen molar-refractivity contribution in [1.29, 1.82) is 0 Å². The lowest BCUT2D eigenvalue weighted by molar-refractivity contribution is -0.139. The summed E-state index contributed by atoms with van der Waals surface area (Å²) < 4.78 is 21.8. The number of nitrogens with zero attached hydrogens (tertiary/aromatic N) is 2. The molecule has 0 bridgehead atoms. The molecule has 0 aromatic heterocycles. The first-order valence-corrected chi connectivity index (χ1v) is 9.31. The van der Waals surface area contributed by atoms with Gasteiger partial charge in [0.25, 0.3) is 0 Å². The van der Waals surface area contributed by atoms with Gasteiger partial charge >= 0.3 is 5.97 Å². The molecule has 2 aliphatic heterocycles. The Hall–Kier alpha value is -2.61. The minimum atomic E-state index is -0.447. The molecule has 1 aromatic carbocycles. The summed E-state index contributed by atoms with van der Waals surface area (Å²) in [4.78, 5) is 19.3. The number of fused-ring (bicyclic) bond motifs is 1. The van der Waals surface area contributed by atoms with Crippen molar-refractivity contribution in [3.8, 4) is 17.2 Å². The second-order valence-corrected chi connectivity index (χ2v) is 6.65. The molecular formula is C19H22N2O5S. The smallest absolute Gasteiger partial charge is 0.338 e. The first-order chi connectivity index (χ1) is 13.0. The van der Waals surface area contributed by atoms with E-state index in [9.17, 15) is 4.79 Å². The van der Waals surface area contributed by atoms with Crippen LogP contribution >= 0.6 is 11.8 Å². The van der Waals surface area contributed by atoms with E-state index in [-0.39, 0.29) is 6.61 Å². The van der Waals surface area contributed by atoms with Crippen LogP contribution in [0.3, 0.4) is 0 Å². The fraction of sp³-hybridized carbons (Fsp3) is 0.368. The van der Waals surface area contributed by atoms with Gasteiger partial charge in [0.2, 0.25) is 0 Å². The molecule has 0 unspecified atom stereocenters. The number of thioether (sulfide) groups is 1. The Bertz CT molecular complexity index is 847. The molecule has 3 rings (SSSR count). The minimum absolute atomic E-state index is 0.284. The third-order valence-electron chi connectivity index (χ3n) is 4.35. The highest BCUT2D eigenvalue weighted by Gasteiger charge is 2.39. The topological polar surface area (TPSA) is 69.6 Å². The molecule has 0 saturated heterocycles. The quantitative estimate of drug-likeness (QED) is 0.689. The fourth-order valence-electron chi connectivity index (χ4n) is 3.14. The molecule has 27 heavy (non-hydrogen) atoms. The summed E-state index contributed by atoms with van der Waals surface area (Å²) in [7, 11) is 4.72. The molecule has 0 amide bonds. The number of hydrogen-bond acceptors (Lipinski definition) is 8. The van der Waals surface area contributed by atoms with Crippen LogP contribution in [0.1, 0.15) is 25.5 Å². The lowest BCUT2D eigenvalue weighted by Gasteiger charge is -2.34. The molecule has 0 saturated carbocycles. The molecule has 1 aromatic rings. The summed E-state index contributed by atoms with van der Waals surface area (Å²) in [5.41, 5.74) is 1.85. The predicted octanol–water partition coefficient (Wildman–Crippen LogP) is 3.48. The second-order valence-electron chi connectivity index (χ2n) is 5.78. The summed E-state index contributed by atoms with van der Waals surface area (Å²) in [5.74, 6) is 1.28. The molecule has 0 N–H and O–H groups in total. The molecule has 7 nitrogen and oxygen atoms in total. The molecule has 0 radical (unpaired) electrons. The Kier molecular flexibility index (Phi) is 5.65. The first kappa shape index (κ1) is 19.2. The van der Waals surface area contributed by atoms with Crippen molar-refractivity contribution in [1.82, 2.24) is 4.90 Å². The SMILES string of the molecule is CCOC(=O)C1=C(C)N=C2SC=CN2[C@H]1c1cc(OC)c(OC)cc1OC. The van der Waals surface area contributed by atoms with Gasteiger partial charge < -0.3 is 23.8 Å². The van der Waals surface area contributed by atoms with Gasteiger partial charge in [0.15, 0.2) is 16.7 Å². The molecule has 0 spiro atoms. The summed E-state index contributed by atoms with van der Waals surface area (Å²) in [6, 6.07) is 3.14. The summed E-state index contributed by atoms with van der Waals surface area (Å²) in [5, 5.41) is 2.72. The van der Waals surface area contributed by atoms with E-state index in [2.05, 4.69) is 4.99 Å². The Balaban J connectivity index is 2.21. The third kappa shape index (κ3) is 3.37. The van der Waals surface area contributed by atoms with Gasteiger partial charge in [0.1, 0.15) is 5.75 Å². The molecule has 0 fully saturated rings. The molecular weight excluding hydrogens is 368 g/mol. The molecule has 0 aliphatic carbocycles. The van der Waals surface area contributed by atoms with Crippen molar-refractivity contribution < 1.29 is 23.7 Å². The third-order valence-corrected chi connectivity index (χ3v) is 5.12. The van der Waals surface area contributed by atoms with Gasteiger partial charge in [0, 0.05) is 17.8 Å². The van der Waals surface area contributed by atoms with Crippen molar-refractivity contribution in [2.75, 3.05) is 27.9 Å². The molecule has 2 heterocycles. The van der Waals surface area contributed by atoms with Gasteiger partial charge in [-0.3, -0.25) is 0 Å². The van der Waals surface area contributed by atoms with Crippen LogP contribution < -0.4 is 14.2 Å². The number of methoxy groups -OCH3 is 3. The fourth-order valence-corrected chi connectivity index (χ4v) is 3.93. The van der Waals surface area contributed by atoms with Crippen molar-refractivity contribution >= 4 is 22.9 Å². The number of allylic oxidation sites excluding steroid dienone is 1. The van der Waals surface area contributed by atoms with Crippen LogP contribution in [-0.4, -0.2) is 44.0 Å². The molecule has 8 heteroatoms. The summed E-state index contributed by atoms with van der Waals surface area (Å²) in [6.07, 6.45) is 1.90. The lowest BCUT2D eigenvalue weighted by atomic mass is 9.93. The number of rotatable bonds is 6. The minimum Gasteiger partial charge on any atom is -0.496 e. The van der Waals surface area contributed by atoms with Gasteiger partial charge in [-0.15, -0.1) is 0 Å². The Labute approximate surface area is 162 Å². The van der Waals surface area contributed by atoms with Crippen LogP contribution in [0.25, 0.3) is 0 Å². The van der Waals surface area contributed by atoms with Crippen molar-refractivity contribution in [2.24, 2.45) is 4.99 Å². The second kappa shape index (κ2) is 7.96.